The molecule has 5 heteroatoms. The summed E-state index contributed by atoms with van der Waals surface area (Å²) in [4.78, 5) is 4.57. The van der Waals surface area contributed by atoms with Gasteiger partial charge in [0.05, 0.1) is 17.3 Å². The van der Waals surface area contributed by atoms with Crippen LogP contribution in [0.25, 0.3) is 0 Å². The number of benzene rings is 1. The average molecular weight is 312 g/mol. The fourth-order valence-electron chi connectivity index (χ4n) is 1.70. The van der Waals surface area contributed by atoms with Crippen LogP contribution in [0.2, 0.25) is 5.02 Å². The Hall–Kier alpha value is -1.10. The number of aromatic nitrogens is 1. The molecule has 0 bridgehead atoms. The third-order valence-corrected chi connectivity index (χ3v) is 4.00. The molecule has 20 heavy (non-hydrogen) atoms. The van der Waals surface area contributed by atoms with Crippen LogP contribution >= 0.6 is 22.9 Å². The van der Waals surface area contributed by atoms with Crippen LogP contribution in [0.4, 0.5) is 0 Å². The van der Waals surface area contributed by atoms with Crippen LogP contribution in [0.15, 0.2) is 23.6 Å². The van der Waals surface area contributed by atoms with E-state index in [1.165, 1.54) is 0 Å². The number of halogens is 1. The Morgan fingerprint density at radius 2 is 2.10 bits per heavy atom. The molecule has 1 heterocycles. The molecule has 108 valence electrons. The van der Waals surface area contributed by atoms with Gasteiger partial charge in [-0.2, -0.15) is 0 Å². The first kappa shape index (κ1) is 15.3. The van der Waals surface area contributed by atoms with E-state index in [0.717, 1.165) is 10.7 Å². The average Bonchev–Trinajstić information content (AvgIpc) is 2.85. The predicted molar refractivity (Wildman–Crippen MR) is 82.5 cm³/mol. The summed E-state index contributed by atoms with van der Waals surface area (Å²) in [5, 5.41) is 12.8. The number of hydrogen-bond donors (Lipinski definition) is 1. The van der Waals surface area contributed by atoms with Gasteiger partial charge in [0.2, 0.25) is 0 Å². The van der Waals surface area contributed by atoms with Crippen molar-refractivity contribution in [3.8, 4) is 5.75 Å². The lowest BCUT2D eigenvalue weighted by atomic mass is 9.93. The van der Waals surface area contributed by atoms with Crippen LogP contribution in [0.1, 0.15) is 37.0 Å². The molecule has 3 nitrogen and oxygen atoms in total. The van der Waals surface area contributed by atoms with Crippen LogP contribution in [-0.2, 0) is 18.6 Å². The van der Waals surface area contributed by atoms with Crippen molar-refractivity contribution in [1.29, 1.82) is 0 Å². The van der Waals surface area contributed by atoms with E-state index in [4.69, 9.17) is 16.3 Å². The molecule has 0 amide bonds. The van der Waals surface area contributed by atoms with Crippen LogP contribution in [0, 0.1) is 0 Å². The number of para-hydroxylation sites is 1. The van der Waals surface area contributed by atoms with Crippen molar-refractivity contribution in [2.24, 2.45) is 0 Å². The smallest absolute Gasteiger partial charge is 0.144 e. The molecule has 0 aliphatic heterocycles. The second-order valence-corrected chi connectivity index (χ2v) is 6.90. The Balaban J connectivity index is 2.11. The molecule has 0 saturated carbocycles. The van der Waals surface area contributed by atoms with Gasteiger partial charge >= 0.3 is 0 Å². The fourth-order valence-corrected chi connectivity index (χ4v) is 2.88. The highest BCUT2D eigenvalue weighted by molar-refractivity contribution is 7.09. The van der Waals surface area contributed by atoms with E-state index >= 15 is 0 Å². The van der Waals surface area contributed by atoms with Gasteiger partial charge in [-0.25, -0.2) is 4.98 Å². The first-order chi connectivity index (χ1) is 9.41. The third-order valence-electron chi connectivity index (χ3n) is 2.88. The maximum Gasteiger partial charge on any atom is 0.144 e. The number of aliphatic hydroxyl groups excluding tert-OH is 1. The highest BCUT2D eigenvalue weighted by Crippen LogP contribution is 2.30. The lowest BCUT2D eigenvalue weighted by Crippen LogP contribution is -2.11. The summed E-state index contributed by atoms with van der Waals surface area (Å²) in [6.45, 7) is 6.65. The molecule has 0 fully saturated rings. The summed E-state index contributed by atoms with van der Waals surface area (Å²) in [6.07, 6.45) is 0. The van der Waals surface area contributed by atoms with Crippen molar-refractivity contribution in [3.63, 3.8) is 0 Å². The number of ether oxygens (including phenoxy) is 1. The topological polar surface area (TPSA) is 42.4 Å². The van der Waals surface area contributed by atoms with E-state index in [9.17, 15) is 5.11 Å². The third kappa shape index (κ3) is 3.51. The molecular weight excluding hydrogens is 294 g/mol. The number of aliphatic hydroxyl groups is 1. The van der Waals surface area contributed by atoms with Gasteiger partial charge in [0, 0.05) is 16.4 Å². The van der Waals surface area contributed by atoms with Gasteiger partial charge < -0.3 is 9.84 Å². The zero-order valence-corrected chi connectivity index (χ0v) is 13.4. The summed E-state index contributed by atoms with van der Waals surface area (Å²) in [7, 11) is 0. The summed E-state index contributed by atoms with van der Waals surface area (Å²) >= 11 is 7.67. The molecule has 2 rings (SSSR count). The fraction of sp³-hybridized carbons (Fsp3) is 0.400. The van der Waals surface area contributed by atoms with E-state index in [0.29, 0.717) is 22.9 Å². The lowest BCUT2D eigenvalue weighted by Gasteiger charge is -2.14. The minimum Gasteiger partial charge on any atom is -0.484 e. The molecule has 0 saturated heterocycles. The number of rotatable bonds is 4. The number of nitrogens with zero attached hydrogens (tertiary/aromatic N) is 1. The van der Waals surface area contributed by atoms with Gasteiger partial charge in [0.1, 0.15) is 17.4 Å². The van der Waals surface area contributed by atoms with Crippen molar-refractivity contribution in [1.82, 2.24) is 4.98 Å². The summed E-state index contributed by atoms with van der Waals surface area (Å²) < 4.78 is 5.73. The second kappa shape index (κ2) is 6.12. The standard InChI is InChI=1S/C15H18ClNO2S/c1-15(2,3)12-9-20-13(17-12)8-19-14-10(7-18)5-4-6-11(14)16/h4-6,9,18H,7-8H2,1-3H3. The second-order valence-electron chi connectivity index (χ2n) is 5.55. The highest BCUT2D eigenvalue weighted by atomic mass is 35.5. The summed E-state index contributed by atoms with van der Waals surface area (Å²) in [5.41, 5.74) is 1.78. The van der Waals surface area contributed by atoms with Gasteiger partial charge in [-0.05, 0) is 6.07 Å². The molecule has 0 radical (unpaired) electrons. The van der Waals surface area contributed by atoms with E-state index in [2.05, 4.69) is 31.1 Å². The van der Waals surface area contributed by atoms with E-state index in [1.54, 1.807) is 29.5 Å². The van der Waals surface area contributed by atoms with E-state index < -0.39 is 0 Å². The quantitative estimate of drug-likeness (QED) is 0.921. The molecule has 1 N–H and O–H groups in total. The molecule has 2 aromatic rings. The van der Waals surface area contributed by atoms with Crippen molar-refractivity contribution in [2.45, 2.75) is 39.4 Å². The Kier molecular flexibility index (Phi) is 4.68. The monoisotopic (exact) mass is 311 g/mol. The normalized spacial score (nSPS) is 11.7. The molecule has 0 spiro atoms. The zero-order valence-electron chi connectivity index (χ0n) is 11.8. The molecule has 1 aromatic carbocycles. The van der Waals surface area contributed by atoms with Crippen molar-refractivity contribution >= 4 is 22.9 Å². The molecular formula is C15H18ClNO2S. The van der Waals surface area contributed by atoms with Crippen molar-refractivity contribution < 1.29 is 9.84 Å². The lowest BCUT2D eigenvalue weighted by molar-refractivity contribution is 0.259. The zero-order chi connectivity index (χ0) is 14.8. The highest BCUT2D eigenvalue weighted by Gasteiger charge is 2.18. The van der Waals surface area contributed by atoms with Crippen LogP contribution < -0.4 is 4.74 Å². The Labute approximate surface area is 128 Å². The van der Waals surface area contributed by atoms with Gasteiger partial charge in [-0.1, -0.05) is 44.5 Å². The van der Waals surface area contributed by atoms with E-state index in [1.807, 2.05) is 0 Å². The maximum absolute atomic E-state index is 9.30. The molecule has 0 aliphatic carbocycles. The van der Waals surface area contributed by atoms with Gasteiger partial charge in [-0.3, -0.25) is 0 Å². The van der Waals surface area contributed by atoms with Gasteiger partial charge in [0.25, 0.3) is 0 Å². The van der Waals surface area contributed by atoms with Crippen LogP contribution in [-0.4, -0.2) is 10.1 Å². The summed E-state index contributed by atoms with van der Waals surface area (Å²) in [5.74, 6) is 0.532. The van der Waals surface area contributed by atoms with Crippen molar-refractivity contribution in [3.05, 3.63) is 44.9 Å². The molecule has 0 atom stereocenters. The Morgan fingerprint density at radius 1 is 1.35 bits per heavy atom. The van der Waals surface area contributed by atoms with Crippen molar-refractivity contribution in [2.75, 3.05) is 0 Å². The first-order valence-electron chi connectivity index (χ1n) is 6.37. The van der Waals surface area contributed by atoms with Crippen LogP contribution in [0.5, 0.6) is 5.75 Å². The predicted octanol–water partition coefficient (Wildman–Crippen LogP) is 4.17. The van der Waals surface area contributed by atoms with Gasteiger partial charge in [-0.15, -0.1) is 11.3 Å². The largest absolute Gasteiger partial charge is 0.484 e. The SMILES string of the molecule is CC(C)(C)c1csc(COc2c(Cl)cccc2CO)n1. The Bertz CT molecular complexity index is 590. The Morgan fingerprint density at radius 3 is 2.70 bits per heavy atom. The molecule has 0 aliphatic rings. The van der Waals surface area contributed by atoms with E-state index in [-0.39, 0.29) is 12.0 Å². The maximum atomic E-state index is 9.30. The minimum absolute atomic E-state index is 0.0371. The number of thiazole rings is 1. The number of hydrogen-bond acceptors (Lipinski definition) is 4. The summed E-state index contributed by atoms with van der Waals surface area (Å²) in [6, 6.07) is 5.34. The molecule has 0 unspecified atom stereocenters. The molecule has 1 aromatic heterocycles. The van der Waals surface area contributed by atoms with Crippen LogP contribution in [0.3, 0.4) is 0 Å². The van der Waals surface area contributed by atoms with Gasteiger partial charge in [0.15, 0.2) is 0 Å². The first-order valence-corrected chi connectivity index (χ1v) is 7.63. The minimum atomic E-state index is -0.0962.